The third-order valence-electron chi connectivity index (χ3n) is 3.73. The summed E-state index contributed by atoms with van der Waals surface area (Å²) >= 11 is 0. The van der Waals surface area contributed by atoms with Crippen molar-refractivity contribution in [3.63, 3.8) is 0 Å². The molecule has 0 bridgehead atoms. The number of likely N-dealkylation sites (tertiary alicyclic amines) is 1. The maximum Gasteiger partial charge on any atom is 0.238 e. The van der Waals surface area contributed by atoms with Crippen molar-refractivity contribution in [3.8, 4) is 0 Å². The topological polar surface area (TPSA) is 67.6 Å². The van der Waals surface area contributed by atoms with E-state index in [1.54, 1.807) is 0 Å². The minimum Gasteiger partial charge on any atom is -0.378 e. The lowest BCUT2D eigenvalue weighted by Crippen LogP contribution is -2.49. The SMILES string of the molecule is CCOC1CCN(C(C)C(C)C(=O)NN)CC1. The number of hydrogen-bond donors (Lipinski definition) is 2. The number of carbonyl (C=O) groups excluding carboxylic acids is 1. The number of carbonyl (C=O) groups is 1. The monoisotopic (exact) mass is 243 g/mol. The normalized spacial score (nSPS) is 22.1. The Bertz CT molecular complexity index is 240. The molecule has 1 saturated heterocycles. The van der Waals surface area contributed by atoms with Crippen molar-refractivity contribution in [1.29, 1.82) is 0 Å². The fraction of sp³-hybridized carbons (Fsp3) is 0.917. The molecule has 3 N–H and O–H groups in total. The van der Waals surface area contributed by atoms with Gasteiger partial charge in [-0.2, -0.15) is 0 Å². The zero-order chi connectivity index (χ0) is 12.8. The summed E-state index contributed by atoms with van der Waals surface area (Å²) in [4.78, 5) is 13.8. The van der Waals surface area contributed by atoms with Crippen LogP contribution in [0.25, 0.3) is 0 Å². The molecular weight excluding hydrogens is 218 g/mol. The Hall–Kier alpha value is -0.650. The highest BCUT2D eigenvalue weighted by molar-refractivity contribution is 5.78. The van der Waals surface area contributed by atoms with Crippen LogP contribution in [-0.4, -0.2) is 42.6 Å². The van der Waals surface area contributed by atoms with Gasteiger partial charge in [-0.1, -0.05) is 6.92 Å². The molecule has 1 rings (SSSR count). The molecule has 5 heteroatoms. The summed E-state index contributed by atoms with van der Waals surface area (Å²) in [5, 5.41) is 0. The van der Waals surface area contributed by atoms with Gasteiger partial charge in [0.2, 0.25) is 5.91 Å². The molecular formula is C12H25N3O2. The maximum absolute atomic E-state index is 11.5. The molecule has 0 saturated carbocycles. The average Bonchev–Trinajstić information content (AvgIpc) is 2.37. The van der Waals surface area contributed by atoms with Crippen LogP contribution in [0.5, 0.6) is 0 Å². The molecule has 0 aromatic rings. The second kappa shape index (κ2) is 6.93. The number of nitrogens with two attached hydrogens (primary N) is 1. The molecule has 1 amide bonds. The molecule has 0 aromatic heterocycles. The van der Waals surface area contributed by atoms with Crippen LogP contribution in [-0.2, 0) is 9.53 Å². The highest BCUT2D eigenvalue weighted by atomic mass is 16.5. The van der Waals surface area contributed by atoms with E-state index in [1.807, 2.05) is 13.8 Å². The molecule has 0 aromatic carbocycles. The number of piperidine rings is 1. The van der Waals surface area contributed by atoms with Gasteiger partial charge in [0.25, 0.3) is 0 Å². The van der Waals surface area contributed by atoms with E-state index in [0.717, 1.165) is 32.5 Å². The Balaban J connectivity index is 2.40. The van der Waals surface area contributed by atoms with Crippen molar-refractivity contribution in [1.82, 2.24) is 10.3 Å². The van der Waals surface area contributed by atoms with Gasteiger partial charge in [-0.15, -0.1) is 0 Å². The summed E-state index contributed by atoms with van der Waals surface area (Å²) in [5.41, 5.74) is 2.22. The number of hydrogen-bond acceptors (Lipinski definition) is 4. The molecule has 0 aliphatic carbocycles. The number of ether oxygens (including phenoxy) is 1. The third kappa shape index (κ3) is 3.94. The summed E-state index contributed by atoms with van der Waals surface area (Å²) in [6, 6.07) is 0.223. The second-order valence-corrected chi connectivity index (χ2v) is 4.73. The van der Waals surface area contributed by atoms with Crippen molar-refractivity contribution in [2.75, 3.05) is 19.7 Å². The van der Waals surface area contributed by atoms with Crippen LogP contribution in [0.1, 0.15) is 33.6 Å². The first-order chi connectivity index (χ1) is 8.10. The van der Waals surface area contributed by atoms with Crippen LogP contribution in [0.2, 0.25) is 0 Å². The Labute approximate surface area is 104 Å². The summed E-state index contributed by atoms with van der Waals surface area (Å²) in [6.45, 7) is 8.80. The van der Waals surface area contributed by atoms with E-state index in [9.17, 15) is 4.79 Å². The minimum absolute atomic E-state index is 0.0800. The lowest BCUT2D eigenvalue weighted by atomic mass is 9.98. The highest BCUT2D eigenvalue weighted by Crippen LogP contribution is 2.19. The quantitative estimate of drug-likeness (QED) is 0.419. The van der Waals surface area contributed by atoms with Crippen molar-refractivity contribution >= 4 is 5.91 Å². The zero-order valence-electron chi connectivity index (χ0n) is 11.1. The van der Waals surface area contributed by atoms with Crippen molar-refractivity contribution in [2.45, 2.75) is 45.8 Å². The number of hydrazine groups is 1. The molecule has 0 spiro atoms. The van der Waals surface area contributed by atoms with Crippen molar-refractivity contribution in [2.24, 2.45) is 11.8 Å². The van der Waals surface area contributed by atoms with E-state index in [0.29, 0.717) is 6.10 Å². The first-order valence-corrected chi connectivity index (χ1v) is 6.46. The lowest BCUT2D eigenvalue weighted by molar-refractivity contribution is -0.126. The van der Waals surface area contributed by atoms with Crippen molar-refractivity contribution < 1.29 is 9.53 Å². The summed E-state index contributed by atoms with van der Waals surface area (Å²) in [5.74, 6) is 4.99. The predicted molar refractivity (Wildman–Crippen MR) is 67.2 cm³/mol. The third-order valence-corrected chi connectivity index (χ3v) is 3.73. The minimum atomic E-state index is -0.0931. The van der Waals surface area contributed by atoms with Crippen LogP contribution >= 0.6 is 0 Å². The van der Waals surface area contributed by atoms with Gasteiger partial charge < -0.3 is 4.74 Å². The molecule has 5 nitrogen and oxygen atoms in total. The van der Waals surface area contributed by atoms with Gasteiger partial charge in [0.15, 0.2) is 0 Å². The predicted octanol–water partition coefficient (Wildman–Crippen LogP) is 0.502. The number of amides is 1. The van der Waals surface area contributed by atoms with E-state index < -0.39 is 0 Å². The van der Waals surface area contributed by atoms with Gasteiger partial charge in [0.05, 0.1) is 12.0 Å². The van der Waals surface area contributed by atoms with Gasteiger partial charge in [-0.3, -0.25) is 15.1 Å². The molecule has 1 fully saturated rings. The van der Waals surface area contributed by atoms with E-state index in [1.165, 1.54) is 0 Å². The van der Waals surface area contributed by atoms with Gasteiger partial charge >= 0.3 is 0 Å². The lowest BCUT2D eigenvalue weighted by Gasteiger charge is -2.37. The smallest absolute Gasteiger partial charge is 0.238 e. The molecule has 2 unspecified atom stereocenters. The Morgan fingerprint density at radius 1 is 1.47 bits per heavy atom. The van der Waals surface area contributed by atoms with Crippen LogP contribution in [0.3, 0.4) is 0 Å². The van der Waals surface area contributed by atoms with E-state index >= 15 is 0 Å². The van der Waals surface area contributed by atoms with Crippen LogP contribution in [0.4, 0.5) is 0 Å². The zero-order valence-corrected chi connectivity index (χ0v) is 11.1. The van der Waals surface area contributed by atoms with Crippen LogP contribution < -0.4 is 11.3 Å². The molecule has 1 aliphatic rings. The first-order valence-electron chi connectivity index (χ1n) is 6.46. The van der Waals surface area contributed by atoms with Gasteiger partial charge in [0.1, 0.15) is 0 Å². The van der Waals surface area contributed by atoms with Crippen molar-refractivity contribution in [3.05, 3.63) is 0 Å². The summed E-state index contributed by atoms with van der Waals surface area (Å²) < 4.78 is 5.61. The largest absolute Gasteiger partial charge is 0.378 e. The Kier molecular flexibility index (Phi) is 5.88. The summed E-state index contributed by atoms with van der Waals surface area (Å²) in [6.07, 6.45) is 2.49. The second-order valence-electron chi connectivity index (χ2n) is 4.73. The summed E-state index contributed by atoms with van der Waals surface area (Å²) in [7, 11) is 0. The Morgan fingerprint density at radius 2 is 2.06 bits per heavy atom. The van der Waals surface area contributed by atoms with Gasteiger partial charge in [0, 0.05) is 25.7 Å². The number of nitrogens with zero attached hydrogens (tertiary/aromatic N) is 1. The fourth-order valence-electron chi connectivity index (χ4n) is 2.35. The van der Waals surface area contributed by atoms with E-state index in [2.05, 4.69) is 17.2 Å². The maximum atomic E-state index is 11.5. The first kappa shape index (κ1) is 14.4. The van der Waals surface area contributed by atoms with Crippen LogP contribution in [0, 0.1) is 5.92 Å². The van der Waals surface area contributed by atoms with Gasteiger partial charge in [-0.25, -0.2) is 5.84 Å². The molecule has 100 valence electrons. The van der Waals surface area contributed by atoms with E-state index in [4.69, 9.17) is 10.6 Å². The number of nitrogens with one attached hydrogen (secondary N) is 1. The number of rotatable bonds is 5. The molecule has 2 atom stereocenters. The molecule has 0 radical (unpaired) electrons. The molecule has 17 heavy (non-hydrogen) atoms. The standard InChI is InChI=1S/C12H25N3O2/c1-4-17-11-5-7-15(8-6-11)10(3)9(2)12(16)14-13/h9-11H,4-8,13H2,1-3H3,(H,14,16). The molecule has 1 aliphatic heterocycles. The average molecular weight is 243 g/mol. The van der Waals surface area contributed by atoms with Crippen LogP contribution in [0.15, 0.2) is 0 Å². The van der Waals surface area contributed by atoms with Gasteiger partial charge in [-0.05, 0) is 26.7 Å². The van der Waals surface area contributed by atoms with E-state index in [-0.39, 0.29) is 17.9 Å². The Morgan fingerprint density at radius 3 is 2.53 bits per heavy atom. The molecule has 1 heterocycles. The highest BCUT2D eigenvalue weighted by Gasteiger charge is 2.28. The fourth-order valence-corrected chi connectivity index (χ4v) is 2.35.